The Labute approximate surface area is 187 Å². The Morgan fingerprint density at radius 1 is 1.16 bits per heavy atom. The highest BCUT2D eigenvalue weighted by atomic mass is 16.5. The molecule has 7 heteroatoms. The number of hydrogen-bond acceptors (Lipinski definition) is 5. The molecule has 3 atom stereocenters. The zero-order valence-corrected chi connectivity index (χ0v) is 20.0. The number of aliphatic imine (C=N–C) groups is 1. The van der Waals surface area contributed by atoms with Crippen LogP contribution in [0, 0.1) is 11.3 Å². The predicted molar refractivity (Wildman–Crippen MR) is 127 cm³/mol. The van der Waals surface area contributed by atoms with E-state index in [9.17, 15) is 0 Å². The van der Waals surface area contributed by atoms with Crippen LogP contribution in [0.4, 0.5) is 5.69 Å². The van der Waals surface area contributed by atoms with Crippen molar-refractivity contribution >= 4 is 11.6 Å². The van der Waals surface area contributed by atoms with E-state index in [1.54, 1.807) is 14.2 Å². The first-order chi connectivity index (χ1) is 14.8. The van der Waals surface area contributed by atoms with Crippen LogP contribution in [-0.4, -0.2) is 65.6 Å². The number of hydrogen-bond donors (Lipinski definition) is 2. The van der Waals surface area contributed by atoms with Crippen LogP contribution in [0.1, 0.15) is 40.0 Å². The van der Waals surface area contributed by atoms with Gasteiger partial charge in [0.15, 0.2) is 5.96 Å². The molecule has 2 fully saturated rings. The number of nitrogens with one attached hydrogen (secondary N) is 2. The SMILES string of the molecule is CN=C(NCC1CCCOC1C(C)(C)C)NC1CCN(c2cc(OC)cc(OC)c2)C1. The summed E-state index contributed by atoms with van der Waals surface area (Å²) in [6.45, 7) is 10.4. The molecule has 0 aliphatic carbocycles. The van der Waals surface area contributed by atoms with Gasteiger partial charge in [0.25, 0.3) is 0 Å². The summed E-state index contributed by atoms with van der Waals surface area (Å²) in [5.41, 5.74) is 1.27. The number of anilines is 1. The summed E-state index contributed by atoms with van der Waals surface area (Å²) in [5.74, 6) is 2.99. The van der Waals surface area contributed by atoms with Gasteiger partial charge < -0.3 is 29.7 Å². The molecule has 3 rings (SSSR count). The molecule has 2 heterocycles. The zero-order chi connectivity index (χ0) is 22.4. The number of rotatable bonds is 6. The summed E-state index contributed by atoms with van der Waals surface area (Å²) in [6, 6.07) is 6.37. The lowest BCUT2D eigenvalue weighted by atomic mass is 9.78. The van der Waals surface area contributed by atoms with Crippen molar-refractivity contribution in [3.05, 3.63) is 18.2 Å². The van der Waals surface area contributed by atoms with Gasteiger partial charge in [-0.3, -0.25) is 4.99 Å². The summed E-state index contributed by atoms with van der Waals surface area (Å²) < 4.78 is 17.0. The van der Waals surface area contributed by atoms with E-state index >= 15 is 0 Å². The van der Waals surface area contributed by atoms with Gasteiger partial charge in [-0.15, -0.1) is 0 Å². The normalized spacial score (nSPS) is 24.8. The zero-order valence-electron chi connectivity index (χ0n) is 20.0. The minimum absolute atomic E-state index is 0.146. The maximum Gasteiger partial charge on any atom is 0.191 e. The number of ether oxygens (including phenoxy) is 3. The molecule has 0 amide bonds. The molecule has 7 nitrogen and oxygen atoms in total. The van der Waals surface area contributed by atoms with E-state index in [2.05, 4.69) is 53.4 Å². The lowest BCUT2D eigenvalue weighted by Crippen LogP contribution is -2.49. The lowest BCUT2D eigenvalue weighted by Gasteiger charge is -2.40. The molecule has 2 N–H and O–H groups in total. The molecule has 0 spiro atoms. The van der Waals surface area contributed by atoms with Gasteiger partial charge in [-0.25, -0.2) is 0 Å². The highest BCUT2D eigenvalue weighted by Gasteiger charge is 2.35. The Morgan fingerprint density at radius 2 is 1.87 bits per heavy atom. The van der Waals surface area contributed by atoms with Gasteiger partial charge >= 0.3 is 0 Å². The molecule has 31 heavy (non-hydrogen) atoms. The van der Waals surface area contributed by atoms with Gasteiger partial charge in [0.1, 0.15) is 11.5 Å². The summed E-state index contributed by atoms with van der Waals surface area (Å²) >= 11 is 0. The Kier molecular flexibility index (Phi) is 7.92. The highest BCUT2D eigenvalue weighted by Crippen LogP contribution is 2.34. The fourth-order valence-corrected chi connectivity index (χ4v) is 4.71. The van der Waals surface area contributed by atoms with Gasteiger partial charge in [0.2, 0.25) is 0 Å². The third-order valence-electron chi connectivity index (χ3n) is 6.28. The first kappa shape index (κ1) is 23.5. The summed E-state index contributed by atoms with van der Waals surface area (Å²) in [4.78, 5) is 6.83. The molecule has 2 aliphatic rings. The molecule has 1 aromatic carbocycles. The highest BCUT2D eigenvalue weighted by molar-refractivity contribution is 5.80. The molecule has 0 saturated carbocycles. The molecular formula is C24H40N4O3. The average Bonchev–Trinajstić information content (AvgIpc) is 3.24. The smallest absolute Gasteiger partial charge is 0.191 e. The maximum absolute atomic E-state index is 6.13. The number of benzene rings is 1. The minimum atomic E-state index is 0.146. The van der Waals surface area contributed by atoms with E-state index in [1.807, 2.05) is 13.1 Å². The van der Waals surface area contributed by atoms with Crippen LogP contribution in [0.3, 0.4) is 0 Å². The largest absolute Gasteiger partial charge is 0.497 e. The Morgan fingerprint density at radius 3 is 2.48 bits per heavy atom. The number of methoxy groups -OCH3 is 2. The van der Waals surface area contributed by atoms with E-state index in [-0.39, 0.29) is 11.5 Å². The van der Waals surface area contributed by atoms with Crippen molar-refractivity contribution in [2.24, 2.45) is 16.3 Å². The standard InChI is InChI=1S/C24H40N4O3/c1-24(2,3)22-17(8-7-11-31-22)15-26-23(25-4)27-18-9-10-28(16-18)19-12-20(29-5)14-21(13-19)30-6/h12-14,17-18,22H,7-11,15-16H2,1-6H3,(H2,25,26,27). The van der Waals surface area contributed by atoms with Crippen LogP contribution in [0.5, 0.6) is 11.5 Å². The molecule has 2 aliphatic heterocycles. The molecule has 0 aromatic heterocycles. The van der Waals surface area contributed by atoms with Gasteiger partial charge in [-0.2, -0.15) is 0 Å². The maximum atomic E-state index is 6.13. The van der Waals surface area contributed by atoms with E-state index in [0.29, 0.717) is 12.0 Å². The first-order valence-corrected chi connectivity index (χ1v) is 11.4. The quantitative estimate of drug-likeness (QED) is 0.531. The Bertz CT molecular complexity index is 725. The molecule has 0 radical (unpaired) electrons. The van der Waals surface area contributed by atoms with Crippen LogP contribution in [0.25, 0.3) is 0 Å². The van der Waals surface area contributed by atoms with Crippen LogP contribution >= 0.6 is 0 Å². The van der Waals surface area contributed by atoms with Gasteiger partial charge in [-0.05, 0) is 24.7 Å². The van der Waals surface area contributed by atoms with Crippen LogP contribution in [-0.2, 0) is 4.74 Å². The van der Waals surface area contributed by atoms with E-state index in [1.165, 1.54) is 6.42 Å². The monoisotopic (exact) mass is 432 g/mol. The lowest BCUT2D eigenvalue weighted by molar-refractivity contribution is -0.0835. The van der Waals surface area contributed by atoms with Crippen molar-refractivity contribution in [3.63, 3.8) is 0 Å². The Hall–Kier alpha value is -2.15. The summed E-state index contributed by atoms with van der Waals surface area (Å²) in [6.07, 6.45) is 3.65. The molecule has 1 aromatic rings. The second kappa shape index (κ2) is 10.4. The molecular weight excluding hydrogens is 392 g/mol. The fraction of sp³-hybridized carbons (Fsp3) is 0.708. The minimum Gasteiger partial charge on any atom is -0.497 e. The Balaban J connectivity index is 1.55. The van der Waals surface area contributed by atoms with Crippen molar-refractivity contribution in [3.8, 4) is 11.5 Å². The third-order valence-corrected chi connectivity index (χ3v) is 6.28. The molecule has 0 bridgehead atoms. The van der Waals surface area contributed by atoms with E-state index < -0.39 is 0 Å². The van der Waals surface area contributed by atoms with Crippen molar-refractivity contribution < 1.29 is 14.2 Å². The molecule has 174 valence electrons. The van der Waals surface area contributed by atoms with Gasteiger partial charge in [-0.1, -0.05) is 20.8 Å². The molecule has 3 unspecified atom stereocenters. The summed E-state index contributed by atoms with van der Waals surface area (Å²) in [7, 11) is 5.21. The van der Waals surface area contributed by atoms with Crippen molar-refractivity contribution in [1.82, 2.24) is 10.6 Å². The number of guanidine groups is 1. The van der Waals surface area contributed by atoms with Crippen LogP contribution in [0.15, 0.2) is 23.2 Å². The van der Waals surface area contributed by atoms with Gasteiger partial charge in [0, 0.05) is 69.1 Å². The third kappa shape index (κ3) is 6.19. The second-order valence-corrected chi connectivity index (χ2v) is 9.66. The number of nitrogens with zero attached hydrogens (tertiary/aromatic N) is 2. The fourth-order valence-electron chi connectivity index (χ4n) is 4.71. The van der Waals surface area contributed by atoms with E-state index in [0.717, 1.165) is 62.2 Å². The van der Waals surface area contributed by atoms with Crippen LogP contribution < -0.4 is 25.0 Å². The first-order valence-electron chi connectivity index (χ1n) is 11.4. The van der Waals surface area contributed by atoms with Crippen LogP contribution in [0.2, 0.25) is 0 Å². The summed E-state index contributed by atoms with van der Waals surface area (Å²) in [5, 5.41) is 7.17. The van der Waals surface area contributed by atoms with Gasteiger partial charge in [0.05, 0.1) is 20.3 Å². The predicted octanol–water partition coefficient (Wildman–Crippen LogP) is 3.29. The topological polar surface area (TPSA) is 67.4 Å². The van der Waals surface area contributed by atoms with Crippen molar-refractivity contribution in [1.29, 1.82) is 0 Å². The van der Waals surface area contributed by atoms with Crippen molar-refractivity contribution in [2.45, 2.75) is 52.2 Å². The average molecular weight is 433 g/mol. The second-order valence-electron chi connectivity index (χ2n) is 9.66. The molecule has 2 saturated heterocycles. The van der Waals surface area contributed by atoms with Crippen molar-refractivity contribution in [2.75, 3.05) is 52.4 Å². The van der Waals surface area contributed by atoms with E-state index in [4.69, 9.17) is 14.2 Å².